The monoisotopic (exact) mass is 503 g/mol. The van der Waals surface area contributed by atoms with Gasteiger partial charge in [0.25, 0.3) is 17.3 Å². The third-order valence-electron chi connectivity index (χ3n) is 6.54. The minimum Gasteiger partial charge on any atom is -0.266 e. The van der Waals surface area contributed by atoms with Crippen molar-refractivity contribution in [1.82, 2.24) is 9.99 Å². The highest BCUT2D eigenvalue weighted by Gasteiger charge is 2.44. The zero-order valence-electron chi connectivity index (χ0n) is 19.2. The normalized spacial score (nSPS) is 20.2. The number of allylic oxidation sites excluding steroid dienone is 1. The molecule has 1 amide bonds. The average Bonchev–Trinajstić information content (AvgIpc) is 3.48. The number of hydrogen-bond donors (Lipinski definition) is 0. The quantitative estimate of drug-likeness (QED) is 0.324. The lowest BCUT2D eigenvalue weighted by Gasteiger charge is -2.29. The molecule has 0 unspecified atom stereocenters. The summed E-state index contributed by atoms with van der Waals surface area (Å²) in [6.45, 7) is 1.78. The van der Waals surface area contributed by atoms with Crippen molar-refractivity contribution in [2.24, 2.45) is 11.0 Å². The zero-order valence-corrected chi connectivity index (χ0v) is 20.1. The summed E-state index contributed by atoms with van der Waals surface area (Å²) in [7, 11) is 0. The van der Waals surface area contributed by atoms with Crippen molar-refractivity contribution in [3.8, 4) is 0 Å². The van der Waals surface area contributed by atoms with E-state index < -0.39 is 15.9 Å². The lowest BCUT2D eigenvalue weighted by atomic mass is 9.77. The molecule has 1 fully saturated rings. The van der Waals surface area contributed by atoms with Gasteiger partial charge in [-0.2, -0.15) is 5.10 Å². The maximum Gasteiger partial charge on any atom is 0.286 e. The number of fused-ring (bicyclic) bond motifs is 1. The van der Waals surface area contributed by atoms with Crippen LogP contribution in [0.25, 0.3) is 6.08 Å². The predicted octanol–water partition coefficient (Wildman–Crippen LogP) is 5.70. The van der Waals surface area contributed by atoms with Crippen LogP contribution in [0.15, 0.2) is 64.7 Å². The molecule has 182 valence electrons. The van der Waals surface area contributed by atoms with Crippen LogP contribution in [0.1, 0.15) is 51.8 Å². The Bertz CT molecular complexity index is 1410. The second-order valence-electron chi connectivity index (χ2n) is 8.71. The predicted molar refractivity (Wildman–Crippen MR) is 135 cm³/mol. The molecule has 3 aromatic rings. The fourth-order valence-electron chi connectivity index (χ4n) is 4.80. The molecule has 1 saturated carbocycles. The number of aryl methyl sites for hydroxylation is 1. The van der Waals surface area contributed by atoms with Crippen LogP contribution in [0.5, 0.6) is 0 Å². The molecule has 0 saturated heterocycles. The Hall–Kier alpha value is -4.25. The number of carbonyl (C=O) groups excluding carboxylic acids is 1. The fraction of sp³-hybridized carbons (Fsp3) is 0.240. The summed E-state index contributed by atoms with van der Waals surface area (Å²) in [5.41, 5.74) is 5.62. The number of thiazole rings is 1. The first-order chi connectivity index (χ1) is 17.3. The van der Waals surface area contributed by atoms with Crippen LogP contribution < -0.4 is 0 Å². The first-order valence-electron chi connectivity index (χ1n) is 11.4. The van der Waals surface area contributed by atoms with Gasteiger partial charge in [0.1, 0.15) is 4.88 Å². The Morgan fingerprint density at radius 3 is 2.28 bits per heavy atom. The second-order valence-corrected chi connectivity index (χ2v) is 9.57. The highest BCUT2D eigenvalue weighted by atomic mass is 32.1. The van der Waals surface area contributed by atoms with Crippen LogP contribution in [0.3, 0.4) is 0 Å². The van der Waals surface area contributed by atoms with E-state index in [2.05, 4.69) is 4.98 Å². The van der Waals surface area contributed by atoms with E-state index in [1.54, 1.807) is 36.7 Å². The smallest absolute Gasteiger partial charge is 0.266 e. The van der Waals surface area contributed by atoms with Crippen molar-refractivity contribution in [1.29, 1.82) is 0 Å². The van der Waals surface area contributed by atoms with E-state index >= 15 is 0 Å². The minimum atomic E-state index is -0.449. The molecule has 10 nitrogen and oxygen atoms in total. The molecule has 2 heterocycles. The number of non-ortho nitro benzene ring substituents is 2. The van der Waals surface area contributed by atoms with Gasteiger partial charge in [0.15, 0.2) is 0 Å². The highest BCUT2D eigenvalue weighted by Crippen LogP contribution is 2.45. The maximum absolute atomic E-state index is 13.6. The number of hydrazone groups is 1. The van der Waals surface area contributed by atoms with Crippen LogP contribution in [0, 0.1) is 33.1 Å². The van der Waals surface area contributed by atoms with E-state index in [0.29, 0.717) is 10.6 Å². The van der Waals surface area contributed by atoms with E-state index in [1.807, 2.05) is 6.08 Å². The van der Waals surface area contributed by atoms with Crippen molar-refractivity contribution in [2.45, 2.75) is 32.2 Å². The van der Waals surface area contributed by atoms with Gasteiger partial charge in [0, 0.05) is 30.2 Å². The summed E-state index contributed by atoms with van der Waals surface area (Å²) in [4.78, 5) is 39.6. The van der Waals surface area contributed by atoms with Crippen molar-refractivity contribution >= 4 is 40.4 Å². The summed E-state index contributed by atoms with van der Waals surface area (Å²) in [6, 6.07) is 12.2. The average molecular weight is 504 g/mol. The lowest BCUT2D eigenvalue weighted by molar-refractivity contribution is -0.385. The lowest BCUT2D eigenvalue weighted by Crippen LogP contribution is -2.31. The molecule has 0 bridgehead atoms. The fourth-order valence-corrected chi connectivity index (χ4v) is 5.53. The number of aromatic nitrogens is 1. The van der Waals surface area contributed by atoms with Crippen LogP contribution >= 0.6 is 11.3 Å². The third-order valence-corrected chi connectivity index (χ3v) is 7.46. The van der Waals surface area contributed by atoms with Gasteiger partial charge in [-0.05, 0) is 61.1 Å². The van der Waals surface area contributed by atoms with Crippen molar-refractivity contribution in [3.63, 3.8) is 0 Å². The number of nitro groups is 2. The summed E-state index contributed by atoms with van der Waals surface area (Å²) in [5.74, 6) is -0.336. The Balaban J connectivity index is 1.55. The Morgan fingerprint density at radius 1 is 1.06 bits per heavy atom. The van der Waals surface area contributed by atoms with Crippen LogP contribution in [0.4, 0.5) is 11.4 Å². The number of nitro benzene ring substituents is 2. The van der Waals surface area contributed by atoms with Gasteiger partial charge in [-0.15, -0.1) is 11.3 Å². The molecule has 0 N–H and O–H groups in total. The summed E-state index contributed by atoms with van der Waals surface area (Å²) in [6.07, 6.45) is 4.42. The summed E-state index contributed by atoms with van der Waals surface area (Å²) >= 11 is 1.26. The van der Waals surface area contributed by atoms with Crippen molar-refractivity contribution < 1.29 is 14.6 Å². The van der Waals surface area contributed by atoms with Gasteiger partial charge in [-0.1, -0.05) is 12.1 Å². The van der Waals surface area contributed by atoms with Gasteiger partial charge in [-0.25, -0.2) is 9.99 Å². The van der Waals surface area contributed by atoms with E-state index in [9.17, 15) is 25.0 Å². The molecule has 2 aromatic carbocycles. The number of carbonyl (C=O) groups is 1. The number of benzene rings is 2. The standard InChI is InChI=1S/C25H21N5O5S/c1-15-24(36-14-26-15)25(31)28-23(17-7-11-20(12-8-17)30(34)35)21-4-2-3-18(22(21)27-28)13-16-5-9-19(10-6-16)29(32)33/h5-14,21,23H,2-4H2,1H3/b18-13+/t21-,23+/m1/s1. The van der Waals surface area contributed by atoms with Gasteiger partial charge in [0.05, 0.1) is 32.8 Å². The second kappa shape index (κ2) is 9.42. The van der Waals surface area contributed by atoms with Gasteiger partial charge in [-0.3, -0.25) is 25.0 Å². The van der Waals surface area contributed by atoms with Crippen LogP contribution in [0.2, 0.25) is 0 Å². The third kappa shape index (κ3) is 4.29. The van der Waals surface area contributed by atoms with Gasteiger partial charge in [0.2, 0.25) is 0 Å². The maximum atomic E-state index is 13.6. The Labute approximate surface area is 209 Å². The number of rotatable bonds is 5. The number of amides is 1. The molecule has 2 aliphatic rings. The molecule has 0 radical (unpaired) electrons. The first kappa shape index (κ1) is 23.5. The molecule has 1 aliphatic carbocycles. The van der Waals surface area contributed by atoms with E-state index in [0.717, 1.165) is 41.7 Å². The number of hydrogen-bond acceptors (Lipinski definition) is 8. The summed E-state index contributed by atoms with van der Waals surface area (Å²) < 4.78 is 0. The zero-order chi connectivity index (χ0) is 25.4. The topological polar surface area (TPSA) is 132 Å². The molecule has 0 spiro atoms. The van der Waals surface area contributed by atoms with Crippen molar-refractivity contribution in [2.75, 3.05) is 0 Å². The van der Waals surface area contributed by atoms with Crippen LogP contribution in [-0.4, -0.2) is 31.5 Å². The largest absolute Gasteiger partial charge is 0.286 e. The van der Waals surface area contributed by atoms with E-state index in [4.69, 9.17) is 5.10 Å². The molecule has 11 heteroatoms. The summed E-state index contributed by atoms with van der Waals surface area (Å²) in [5, 5.41) is 28.5. The molecular formula is C25H21N5O5S. The van der Waals surface area contributed by atoms with Gasteiger partial charge < -0.3 is 0 Å². The van der Waals surface area contributed by atoms with Crippen LogP contribution in [-0.2, 0) is 0 Å². The first-order valence-corrected chi connectivity index (χ1v) is 12.2. The minimum absolute atomic E-state index is 0.0172. The molecule has 1 aliphatic heterocycles. The van der Waals surface area contributed by atoms with E-state index in [1.165, 1.54) is 40.6 Å². The molecular weight excluding hydrogens is 482 g/mol. The van der Waals surface area contributed by atoms with E-state index in [-0.39, 0.29) is 23.2 Å². The molecule has 36 heavy (non-hydrogen) atoms. The highest BCUT2D eigenvalue weighted by molar-refractivity contribution is 7.11. The van der Waals surface area contributed by atoms with Gasteiger partial charge >= 0.3 is 0 Å². The molecule has 1 aromatic heterocycles. The molecule has 2 atom stereocenters. The molecule has 5 rings (SSSR count). The van der Waals surface area contributed by atoms with Crippen molar-refractivity contribution in [3.05, 3.63) is 102 Å². The SMILES string of the molecule is Cc1ncsc1C(=O)N1N=C2/C(=C/c3ccc([N+](=O)[O-])cc3)CCC[C@H]2[C@@H]1c1ccc([N+](=O)[O-])cc1. The Morgan fingerprint density at radius 2 is 1.69 bits per heavy atom. The number of nitrogens with zero attached hydrogens (tertiary/aromatic N) is 5. The Kier molecular flexibility index (Phi) is 6.15.